The summed E-state index contributed by atoms with van der Waals surface area (Å²) in [6.45, 7) is 0. The van der Waals surface area contributed by atoms with E-state index in [0.29, 0.717) is 11.8 Å². The number of anilines is 1. The highest BCUT2D eigenvalue weighted by Gasteiger charge is 2.15. The molecular formula is C25H18N2O3. The molecule has 0 saturated heterocycles. The van der Waals surface area contributed by atoms with Crippen LogP contribution in [0.5, 0.6) is 5.75 Å². The number of oxazole rings is 1. The number of fused-ring (bicyclic) bond motifs is 7. The maximum Gasteiger partial charge on any atom is 0.220 e. The zero-order valence-electron chi connectivity index (χ0n) is 15.9. The highest BCUT2D eigenvalue weighted by molar-refractivity contribution is 6.22. The Morgan fingerprint density at radius 3 is 2.23 bits per heavy atom. The van der Waals surface area contributed by atoms with E-state index >= 15 is 0 Å². The molecule has 0 radical (unpaired) electrons. The Bertz CT molecular complexity index is 1360. The fourth-order valence-corrected chi connectivity index (χ4v) is 3.84. The van der Waals surface area contributed by atoms with Crippen LogP contribution >= 0.6 is 0 Å². The first kappa shape index (κ1) is 18.0. The van der Waals surface area contributed by atoms with E-state index in [0.717, 1.165) is 33.3 Å². The molecule has 0 amide bonds. The van der Waals surface area contributed by atoms with Gasteiger partial charge in [0.2, 0.25) is 5.89 Å². The summed E-state index contributed by atoms with van der Waals surface area (Å²) in [6, 6.07) is 24.4. The van der Waals surface area contributed by atoms with Crippen molar-refractivity contribution in [2.45, 2.75) is 0 Å². The van der Waals surface area contributed by atoms with E-state index in [2.05, 4.69) is 41.7 Å². The van der Waals surface area contributed by atoms with Crippen molar-refractivity contribution in [2.75, 3.05) is 5.32 Å². The maximum absolute atomic E-state index is 6.13. The molecule has 30 heavy (non-hydrogen) atoms. The van der Waals surface area contributed by atoms with Gasteiger partial charge >= 0.3 is 0 Å². The Balaban J connectivity index is 0.00000193. The van der Waals surface area contributed by atoms with Crippen molar-refractivity contribution in [1.29, 1.82) is 0 Å². The van der Waals surface area contributed by atoms with Crippen LogP contribution < -0.4 is 10.1 Å². The second kappa shape index (κ2) is 7.06. The second-order valence-corrected chi connectivity index (χ2v) is 6.93. The molecule has 1 aliphatic rings. The van der Waals surface area contributed by atoms with Crippen LogP contribution in [-0.4, -0.2) is 10.5 Å². The standard InChI is InChI=1S/C25H16N2O2.H2O/c1-3-10-18-16(8-1)17-9-2-4-11-19(17)25-24(18)27-23(29-25)15-7-14-22-26-20-12-5-6-13-21(20)28-22;/h1-15,26H;1H2. The summed E-state index contributed by atoms with van der Waals surface area (Å²) < 4.78 is 11.9. The zero-order chi connectivity index (χ0) is 19.2. The van der Waals surface area contributed by atoms with Gasteiger partial charge in [-0.05, 0) is 29.0 Å². The molecule has 0 atom stereocenters. The first-order valence-corrected chi connectivity index (χ1v) is 9.49. The molecule has 6 rings (SSSR count). The summed E-state index contributed by atoms with van der Waals surface area (Å²) in [6.07, 6.45) is 5.60. The Kier molecular flexibility index (Phi) is 4.23. The number of hydrogen-bond acceptors (Lipinski definition) is 4. The molecule has 0 unspecified atom stereocenters. The third kappa shape index (κ3) is 2.80. The number of hydrogen-bond donors (Lipinski definition) is 1. The van der Waals surface area contributed by atoms with Gasteiger partial charge in [0.15, 0.2) is 17.2 Å². The zero-order valence-corrected chi connectivity index (χ0v) is 15.9. The molecule has 1 aromatic heterocycles. The molecule has 146 valence electrons. The van der Waals surface area contributed by atoms with Gasteiger partial charge in [0.25, 0.3) is 0 Å². The highest BCUT2D eigenvalue weighted by atomic mass is 16.5. The van der Waals surface area contributed by atoms with Crippen LogP contribution in [0.25, 0.3) is 38.7 Å². The molecule has 1 aliphatic heterocycles. The van der Waals surface area contributed by atoms with Crippen molar-refractivity contribution >= 4 is 44.4 Å². The van der Waals surface area contributed by atoms with Crippen LogP contribution in [0.3, 0.4) is 0 Å². The predicted octanol–water partition coefficient (Wildman–Crippen LogP) is 5.67. The van der Waals surface area contributed by atoms with Gasteiger partial charge < -0.3 is 19.9 Å². The lowest BCUT2D eigenvalue weighted by atomic mass is 10.0. The van der Waals surface area contributed by atoms with Gasteiger partial charge in [-0.2, -0.15) is 0 Å². The minimum atomic E-state index is 0. The molecule has 3 N–H and O–H groups in total. The number of aromatic nitrogens is 1. The van der Waals surface area contributed by atoms with Crippen LogP contribution in [0, 0.1) is 0 Å². The van der Waals surface area contributed by atoms with Gasteiger partial charge in [-0.15, -0.1) is 0 Å². The Morgan fingerprint density at radius 2 is 1.43 bits per heavy atom. The maximum atomic E-state index is 6.13. The van der Waals surface area contributed by atoms with Crippen molar-refractivity contribution in [3.05, 3.63) is 96.7 Å². The number of para-hydroxylation sites is 2. The Hall–Kier alpha value is -4.09. The second-order valence-electron chi connectivity index (χ2n) is 6.93. The SMILES string of the molecule is C(=Cc1nc2c3ccccc3c3ccccc3c2o1)C=C1Nc2ccccc2O1.O. The molecule has 0 bridgehead atoms. The molecule has 2 heterocycles. The average molecular weight is 394 g/mol. The van der Waals surface area contributed by atoms with Crippen LogP contribution in [-0.2, 0) is 0 Å². The monoisotopic (exact) mass is 394 g/mol. The summed E-state index contributed by atoms with van der Waals surface area (Å²) in [5.74, 6) is 2.07. The van der Waals surface area contributed by atoms with E-state index in [1.807, 2.05) is 54.6 Å². The lowest BCUT2D eigenvalue weighted by Crippen LogP contribution is -1.95. The topological polar surface area (TPSA) is 78.8 Å². The number of allylic oxidation sites excluding steroid dienone is 2. The van der Waals surface area contributed by atoms with Crippen molar-refractivity contribution < 1.29 is 14.6 Å². The van der Waals surface area contributed by atoms with E-state index in [-0.39, 0.29) is 5.48 Å². The van der Waals surface area contributed by atoms with Gasteiger partial charge in [0.05, 0.1) is 5.69 Å². The number of benzene rings is 4. The molecule has 0 fully saturated rings. The number of ether oxygens (including phenoxy) is 1. The first-order valence-electron chi connectivity index (χ1n) is 9.49. The quantitative estimate of drug-likeness (QED) is 0.391. The molecule has 0 spiro atoms. The predicted molar refractivity (Wildman–Crippen MR) is 120 cm³/mol. The van der Waals surface area contributed by atoms with E-state index < -0.39 is 0 Å². The van der Waals surface area contributed by atoms with E-state index in [1.165, 1.54) is 10.8 Å². The van der Waals surface area contributed by atoms with Crippen molar-refractivity contribution in [2.24, 2.45) is 0 Å². The minimum Gasteiger partial charge on any atom is -0.439 e. The lowest BCUT2D eigenvalue weighted by Gasteiger charge is -2.04. The van der Waals surface area contributed by atoms with Crippen LogP contribution in [0.2, 0.25) is 0 Å². The third-order valence-corrected chi connectivity index (χ3v) is 5.14. The molecule has 5 aromatic rings. The highest BCUT2D eigenvalue weighted by Crippen LogP contribution is 2.35. The molecular weight excluding hydrogens is 376 g/mol. The smallest absolute Gasteiger partial charge is 0.220 e. The third-order valence-electron chi connectivity index (χ3n) is 5.14. The van der Waals surface area contributed by atoms with Gasteiger partial charge in [0, 0.05) is 16.8 Å². The normalized spacial score (nSPS) is 14.2. The number of rotatable bonds is 2. The molecule has 0 aliphatic carbocycles. The van der Waals surface area contributed by atoms with Crippen molar-refractivity contribution in [3.8, 4) is 5.75 Å². The summed E-state index contributed by atoms with van der Waals surface area (Å²) in [5, 5.41) is 7.76. The van der Waals surface area contributed by atoms with Crippen LogP contribution in [0.4, 0.5) is 5.69 Å². The molecule has 4 aromatic carbocycles. The summed E-state index contributed by atoms with van der Waals surface area (Å²) in [5.41, 5.74) is 2.66. The minimum absolute atomic E-state index is 0. The fourth-order valence-electron chi connectivity index (χ4n) is 3.84. The summed E-state index contributed by atoms with van der Waals surface area (Å²) >= 11 is 0. The summed E-state index contributed by atoms with van der Waals surface area (Å²) in [7, 11) is 0. The first-order chi connectivity index (χ1) is 14.4. The molecule has 5 nitrogen and oxygen atoms in total. The van der Waals surface area contributed by atoms with Crippen LogP contribution in [0.1, 0.15) is 5.89 Å². The fraction of sp³-hybridized carbons (Fsp3) is 0. The summed E-state index contributed by atoms with van der Waals surface area (Å²) in [4.78, 5) is 4.75. The number of nitrogens with zero attached hydrogens (tertiary/aromatic N) is 1. The Labute approximate surface area is 172 Å². The van der Waals surface area contributed by atoms with Crippen molar-refractivity contribution in [1.82, 2.24) is 4.98 Å². The van der Waals surface area contributed by atoms with Gasteiger partial charge in [-0.3, -0.25) is 0 Å². The molecule has 5 heteroatoms. The number of nitrogens with one attached hydrogen (secondary N) is 1. The van der Waals surface area contributed by atoms with E-state index in [4.69, 9.17) is 14.1 Å². The molecule has 0 saturated carbocycles. The van der Waals surface area contributed by atoms with Crippen LogP contribution in [0.15, 0.2) is 95.2 Å². The van der Waals surface area contributed by atoms with E-state index in [1.54, 1.807) is 0 Å². The lowest BCUT2D eigenvalue weighted by molar-refractivity contribution is 0.457. The average Bonchev–Trinajstić information content (AvgIpc) is 3.38. The Morgan fingerprint density at radius 1 is 0.767 bits per heavy atom. The van der Waals surface area contributed by atoms with Gasteiger partial charge in [-0.1, -0.05) is 66.7 Å². The van der Waals surface area contributed by atoms with Gasteiger partial charge in [-0.25, -0.2) is 4.98 Å². The largest absolute Gasteiger partial charge is 0.439 e. The van der Waals surface area contributed by atoms with Crippen molar-refractivity contribution in [3.63, 3.8) is 0 Å². The van der Waals surface area contributed by atoms with Gasteiger partial charge in [0.1, 0.15) is 5.52 Å². The van der Waals surface area contributed by atoms with E-state index in [9.17, 15) is 0 Å².